The van der Waals surface area contributed by atoms with Crippen LogP contribution in [0.25, 0.3) is 11.0 Å². The van der Waals surface area contributed by atoms with E-state index >= 15 is 0 Å². The fraction of sp³-hybridized carbons (Fsp3) is 0.364. The Morgan fingerprint density at radius 2 is 1.66 bits per heavy atom. The first-order chi connectivity index (χ1) is 14.0. The summed E-state index contributed by atoms with van der Waals surface area (Å²) in [6.07, 6.45) is 8.45. The van der Waals surface area contributed by atoms with Crippen molar-refractivity contribution in [2.75, 3.05) is 6.54 Å². The van der Waals surface area contributed by atoms with Crippen molar-refractivity contribution >= 4 is 22.8 Å². The number of aliphatic hydroxyl groups is 1. The monoisotopic (exact) mass is 390 g/mol. The van der Waals surface area contributed by atoms with Crippen LogP contribution in [-0.2, 0) is 9.59 Å². The molecule has 29 heavy (non-hydrogen) atoms. The first-order valence-corrected chi connectivity index (χ1v) is 9.96. The maximum atomic E-state index is 12.9. The van der Waals surface area contributed by atoms with Crippen LogP contribution in [0.5, 0.6) is 0 Å². The van der Waals surface area contributed by atoms with Crippen LogP contribution in [0.4, 0.5) is 0 Å². The molecule has 3 aliphatic rings. The average Bonchev–Trinajstić information content (AvgIpc) is 3.25. The molecule has 148 valence electrons. The molecule has 0 radical (unpaired) electrons. The van der Waals surface area contributed by atoms with Crippen molar-refractivity contribution in [2.45, 2.75) is 44.2 Å². The zero-order chi connectivity index (χ0) is 20.2. The van der Waals surface area contributed by atoms with Gasteiger partial charge >= 0.3 is 0 Å². The Kier molecular flexibility index (Phi) is 4.03. The molecule has 1 aliphatic heterocycles. The summed E-state index contributed by atoms with van der Waals surface area (Å²) >= 11 is 0. The Balaban J connectivity index is 1.50. The summed E-state index contributed by atoms with van der Waals surface area (Å²) in [6, 6.07) is 6.86. The Morgan fingerprint density at radius 1 is 1.07 bits per heavy atom. The number of allylic oxidation sites excluding steroid dienone is 2. The van der Waals surface area contributed by atoms with E-state index in [2.05, 4.69) is 10.2 Å². The maximum absolute atomic E-state index is 12.9. The van der Waals surface area contributed by atoms with Gasteiger partial charge in [0.1, 0.15) is 22.7 Å². The molecule has 7 nitrogen and oxygen atoms in total. The van der Waals surface area contributed by atoms with E-state index < -0.39 is 11.6 Å². The van der Waals surface area contributed by atoms with E-state index in [1.807, 2.05) is 37.3 Å². The SMILES string of the molecule is CC1=CC(n2nc3ccccc3n2)C(O)(CN2C(=O)C3=C(CCCC3)C2=O)C=C1. The van der Waals surface area contributed by atoms with Gasteiger partial charge in [-0.05, 0) is 50.8 Å². The van der Waals surface area contributed by atoms with Gasteiger partial charge in [0.05, 0.1) is 6.54 Å². The second kappa shape index (κ2) is 6.49. The molecule has 1 aromatic heterocycles. The fourth-order valence-electron chi connectivity index (χ4n) is 4.43. The van der Waals surface area contributed by atoms with Crippen molar-refractivity contribution in [2.24, 2.45) is 0 Å². The van der Waals surface area contributed by atoms with E-state index in [1.54, 1.807) is 12.2 Å². The third-order valence-electron chi connectivity index (χ3n) is 6.00. The predicted octanol–water partition coefficient (Wildman–Crippen LogP) is 2.46. The van der Waals surface area contributed by atoms with E-state index in [0.717, 1.165) is 29.4 Å². The Labute approximate surface area is 168 Å². The maximum Gasteiger partial charge on any atom is 0.257 e. The van der Waals surface area contributed by atoms with Gasteiger partial charge in [0.15, 0.2) is 0 Å². The molecule has 1 N–H and O–H groups in total. The lowest BCUT2D eigenvalue weighted by molar-refractivity contribution is -0.141. The van der Waals surface area contributed by atoms with Gasteiger partial charge in [0, 0.05) is 11.1 Å². The van der Waals surface area contributed by atoms with Gasteiger partial charge in [0.2, 0.25) is 0 Å². The minimum Gasteiger partial charge on any atom is -0.381 e. The number of carbonyl (C=O) groups is 2. The highest BCUT2D eigenvalue weighted by molar-refractivity contribution is 6.19. The third-order valence-corrected chi connectivity index (χ3v) is 6.00. The lowest BCUT2D eigenvalue weighted by Gasteiger charge is -2.36. The molecule has 0 fully saturated rings. The molecule has 2 aromatic rings. The highest BCUT2D eigenvalue weighted by Gasteiger charge is 2.46. The molecular formula is C22H22N4O3. The summed E-state index contributed by atoms with van der Waals surface area (Å²) < 4.78 is 0. The first-order valence-electron chi connectivity index (χ1n) is 9.96. The molecule has 2 aliphatic carbocycles. The lowest BCUT2D eigenvalue weighted by atomic mass is 9.87. The number of β-amino-alcohol motifs (C(OH)–C–C–N with tert-alkyl or cyclic N) is 1. The van der Waals surface area contributed by atoms with Crippen molar-refractivity contribution < 1.29 is 14.7 Å². The number of benzene rings is 1. The van der Waals surface area contributed by atoms with Gasteiger partial charge < -0.3 is 5.11 Å². The van der Waals surface area contributed by atoms with E-state index in [0.29, 0.717) is 24.0 Å². The largest absolute Gasteiger partial charge is 0.381 e. The predicted molar refractivity (Wildman–Crippen MR) is 107 cm³/mol. The van der Waals surface area contributed by atoms with Crippen LogP contribution in [0, 0.1) is 0 Å². The number of rotatable bonds is 3. The van der Waals surface area contributed by atoms with Crippen LogP contribution in [0.1, 0.15) is 38.6 Å². The van der Waals surface area contributed by atoms with Gasteiger partial charge in [0.25, 0.3) is 11.8 Å². The van der Waals surface area contributed by atoms with Crippen molar-refractivity contribution in [1.29, 1.82) is 0 Å². The molecule has 7 heteroatoms. The molecule has 5 rings (SSSR count). The quantitative estimate of drug-likeness (QED) is 0.814. The topological polar surface area (TPSA) is 88.3 Å². The number of imide groups is 1. The second-order valence-corrected chi connectivity index (χ2v) is 8.05. The molecule has 2 amide bonds. The Bertz CT molecular complexity index is 1070. The summed E-state index contributed by atoms with van der Waals surface area (Å²) in [5, 5.41) is 20.6. The zero-order valence-electron chi connectivity index (χ0n) is 16.2. The molecule has 0 saturated heterocycles. The van der Waals surface area contributed by atoms with Gasteiger partial charge in [-0.1, -0.05) is 29.9 Å². The molecule has 1 aromatic carbocycles. The molecule has 0 saturated carbocycles. The normalized spacial score (nSPS) is 27.0. The number of fused-ring (bicyclic) bond motifs is 1. The number of amides is 2. The molecule has 2 heterocycles. The van der Waals surface area contributed by atoms with Crippen LogP contribution in [-0.4, -0.2) is 49.0 Å². The van der Waals surface area contributed by atoms with E-state index in [1.165, 1.54) is 9.70 Å². The smallest absolute Gasteiger partial charge is 0.257 e. The molecule has 0 spiro atoms. The van der Waals surface area contributed by atoms with Crippen LogP contribution in [0.2, 0.25) is 0 Å². The number of hydrogen-bond acceptors (Lipinski definition) is 5. The third kappa shape index (κ3) is 2.84. The number of hydrogen-bond donors (Lipinski definition) is 1. The zero-order valence-corrected chi connectivity index (χ0v) is 16.2. The standard InChI is InChI=1S/C22H22N4O3/c1-14-10-11-22(29,13-25-20(27)15-6-2-3-7-16(15)21(25)28)19(12-14)26-23-17-8-4-5-9-18(17)24-26/h4-5,8-12,19,29H,2-3,6-7,13H2,1H3. The van der Waals surface area contributed by atoms with Crippen molar-refractivity contribution in [3.8, 4) is 0 Å². The number of carbonyl (C=O) groups excluding carboxylic acids is 2. The lowest BCUT2D eigenvalue weighted by Crippen LogP contribution is -2.51. The fourth-order valence-corrected chi connectivity index (χ4v) is 4.43. The van der Waals surface area contributed by atoms with Gasteiger partial charge in [-0.2, -0.15) is 15.0 Å². The van der Waals surface area contributed by atoms with E-state index in [4.69, 9.17) is 0 Å². The highest BCUT2D eigenvalue weighted by Crippen LogP contribution is 2.37. The van der Waals surface area contributed by atoms with Crippen LogP contribution in [0.3, 0.4) is 0 Å². The van der Waals surface area contributed by atoms with E-state index in [9.17, 15) is 14.7 Å². The summed E-state index contributed by atoms with van der Waals surface area (Å²) in [5.74, 6) is -0.537. The first kappa shape index (κ1) is 18.0. The Morgan fingerprint density at radius 3 is 2.24 bits per heavy atom. The second-order valence-electron chi connectivity index (χ2n) is 8.05. The minimum atomic E-state index is -1.49. The molecule has 0 bridgehead atoms. The average molecular weight is 390 g/mol. The summed E-state index contributed by atoms with van der Waals surface area (Å²) in [7, 11) is 0. The minimum absolute atomic E-state index is 0.125. The summed E-state index contributed by atoms with van der Waals surface area (Å²) in [4.78, 5) is 28.4. The van der Waals surface area contributed by atoms with Crippen LogP contribution >= 0.6 is 0 Å². The van der Waals surface area contributed by atoms with E-state index in [-0.39, 0.29) is 18.4 Å². The summed E-state index contributed by atoms with van der Waals surface area (Å²) in [5.41, 5.74) is 2.15. The molecular weight excluding hydrogens is 368 g/mol. The van der Waals surface area contributed by atoms with Crippen molar-refractivity contribution in [3.63, 3.8) is 0 Å². The molecule has 2 atom stereocenters. The molecule has 2 unspecified atom stereocenters. The van der Waals surface area contributed by atoms with Crippen molar-refractivity contribution in [3.05, 3.63) is 59.2 Å². The van der Waals surface area contributed by atoms with Gasteiger partial charge in [-0.25, -0.2) is 0 Å². The van der Waals surface area contributed by atoms with Gasteiger partial charge in [-0.3, -0.25) is 14.5 Å². The highest BCUT2D eigenvalue weighted by atomic mass is 16.3. The van der Waals surface area contributed by atoms with Gasteiger partial charge in [-0.15, -0.1) is 0 Å². The number of nitrogens with zero attached hydrogens (tertiary/aromatic N) is 4. The number of aromatic nitrogens is 3. The van der Waals surface area contributed by atoms with Crippen LogP contribution in [0.15, 0.2) is 59.2 Å². The van der Waals surface area contributed by atoms with Crippen LogP contribution < -0.4 is 0 Å². The summed E-state index contributed by atoms with van der Waals surface area (Å²) in [6.45, 7) is 1.80. The van der Waals surface area contributed by atoms with Crippen molar-refractivity contribution in [1.82, 2.24) is 19.9 Å². The Hall–Kier alpha value is -3.06.